The zero-order chi connectivity index (χ0) is 12.3. The molecule has 0 atom stereocenters. The van der Waals surface area contributed by atoms with Gasteiger partial charge in [0.05, 0.1) is 0 Å². The van der Waals surface area contributed by atoms with Gasteiger partial charge in [0.15, 0.2) is 0 Å². The number of anilines is 2. The molecule has 0 aromatic carbocycles. The van der Waals surface area contributed by atoms with Crippen molar-refractivity contribution in [1.82, 2.24) is 9.97 Å². The van der Waals surface area contributed by atoms with E-state index < -0.39 is 0 Å². The minimum atomic E-state index is 0.630. The van der Waals surface area contributed by atoms with Gasteiger partial charge >= 0.3 is 0 Å². The molecule has 2 rings (SSSR count). The maximum Gasteiger partial charge on any atom is 0.134 e. The van der Waals surface area contributed by atoms with Crippen LogP contribution in [0.1, 0.15) is 32.6 Å². The van der Waals surface area contributed by atoms with Gasteiger partial charge in [0.2, 0.25) is 0 Å². The van der Waals surface area contributed by atoms with Crippen molar-refractivity contribution in [3.63, 3.8) is 0 Å². The molecule has 94 valence electrons. The van der Waals surface area contributed by atoms with Crippen LogP contribution in [0.5, 0.6) is 0 Å². The number of rotatable bonds is 3. The Hall–Kier alpha value is -1.32. The van der Waals surface area contributed by atoms with E-state index in [-0.39, 0.29) is 0 Å². The molecule has 0 aliphatic heterocycles. The first kappa shape index (κ1) is 12.1. The molecule has 1 aliphatic carbocycles. The summed E-state index contributed by atoms with van der Waals surface area (Å²) < 4.78 is 0. The SMILES string of the molecule is CNc1cc(N(C)C2CCC(C)CC2)ncn1. The largest absolute Gasteiger partial charge is 0.373 e. The van der Waals surface area contributed by atoms with E-state index in [1.54, 1.807) is 6.33 Å². The number of nitrogens with zero attached hydrogens (tertiary/aromatic N) is 3. The monoisotopic (exact) mass is 234 g/mol. The van der Waals surface area contributed by atoms with Gasteiger partial charge in [-0.2, -0.15) is 0 Å². The average Bonchev–Trinajstić information content (AvgIpc) is 2.39. The van der Waals surface area contributed by atoms with Crippen molar-refractivity contribution in [3.05, 3.63) is 12.4 Å². The van der Waals surface area contributed by atoms with E-state index in [1.165, 1.54) is 25.7 Å². The van der Waals surface area contributed by atoms with Gasteiger partial charge in [-0.05, 0) is 31.6 Å². The normalized spacial score (nSPS) is 24.4. The molecular formula is C13H22N4. The lowest BCUT2D eigenvalue weighted by molar-refractivity contribution is 0.340. The Balaban J connectivity index is 2.05. The van der Waals surface area contributed by atoms with Gasteiger partial charge in [-0.1, -0.05) is 6.92 Å². The third-order valence-electron chi connectivity index (χ3n) is 3.80. The quantitative estimate of drug-likeness (QED) is 0.872. The zero-order valence-corrected chi connectivity index (χ0v) is 11.0. The third kappa shape index (κ3) is 2.87. The molecule has 1 N–H and O–H groups in total. The van der Waals surface area contributed by atoms with E-state index in [2.05, 4.69) is 34.2 Å². The van der Waals surface area contributed by atoms with Crippen LogP contribution in [0.2, 0.25) is 0 Å². The minimum absolute atomic E-state index is 0.630. The smallest absolute Gasteiger partial charge is 0.134 e. The summed E-state index contributed by atoms with van der Waals surface area (Å²) >= 11 is 0. The predicted molar refractivity (Wildman–Crippen MR) is 71.4 cm³/mol. The summed E-state index contributed by atoms with van der Waals surface area (Å²) in [6.45, 7) is 2.35. The molecule has 1 heterocycles. The Morgan fingerprint density at radius 3 is 2.59 bits per heavy atom. The van der Waals surface area contributed by atoms with Crippen LogP contribution in [0.25, 0.3) is 0 Å². The highest BCUT2D eigenvalue weighted by molar-refractivity contribution is 5.48. The van der Waals surface area contributed by atoms with Gasteiger partial charge in [-0.25, -0.2) is 9.97 Å². The van der Waals surface area contributed by atoms with Gasteiger partial charge < -0.3 is 10.2 Å². The van der Waals surface area contributed by atoms with Gasteiger partial charge in [-0.15, -0.1) is 0 Å². The summed E-state index contributed by atoms with van der Waals surface area (Å²) in [6.07, 6.45) is 6.84. The predicted octanol–water partition coefficient (Wildman–Crippen LogP) is 2.53. The van der Waals surface area contributed by atoms with Crippen molar-refractivity contribution in [2.75, 3.05) is 24.3 Å². The molecule has 0 saturated heterocycles. The Morgan fingerprint density at radius 2 is 1.94 bits per heavy atom. The van der Waals surface area contributed by atoms with Gasteiger partial charge in [0.1, 0.15) is 18.0 Å². The first-order valence-electron chi connectivity index (χ1n) is 6.43. The highest BCUT2D eigenvalue weighted by atomic mass is 15.2. The van der Waals surface area contributed by atoms with E-state index in [0.29, 0.717) is 6.04 Å². The fraction of sp³-hybridized carbons (Fsp3) is 0.692. The molecule has 1 aromatic rings. The van der Waals surface area contributed by atoms with Crippen LogP contribution in [0.15, 0.2) is 12.4 Å². The van der Waals surface area contributed by atoms with Crippen molar-refractivity contribution < 1.29 is 0 Å². The van der Waals surface area contributed by atoms with Crippen LogP contribution in [-0.4, -0.2) is 30.1 Å². The van der Waals surface area contributed by atoms with E-state index in [0.717, 1.165) is 17.6 Å². The summed E-state index contributed by atoms with van der Waals surface area (Å²) in [6, 6.07) is 2.64. The van der Waals surface area contributed by atoms with E-state index in [4.69, 9.17) is 0 Å². The Bertz CT molecular complexity index is 358. The molecular weight excluding hydrogens is 212 g/mol. The molecule has 1 saturated carbocycles. The van der Waals surface area contributed by atoms with Crippen LogP contribution in [0.4, 0.5) is 11.6 Å². The zero-order valence-electron chi connectivity index (χ0n) is 11.0. The number of aromatic nitrogens is 2. The summed E-state index contributed by atoms with van der Waals surface area (Å²) in [5.74, 6) is 2.79. The second kappa shape index (κ2) is 5.34. The topological polar surface area (TPSA) is 41.0 Å². The van der Waals surface area contributed by atoms with Crippen molar-refractivity contribution in [2.45, 2.75) is 38.6 Å². The van der Waals surface area contributed by atoms with Crippen LogP contribution in [0, 0.1) is 5.92 Å². The van der Waals surface area contributed by atoms with Crippen molar-refractivity contribution in [2.24, 2.45) is 5.92 Å². The molecule has 1 aromatic heterocycles. The maximum absolute atomic E-state index is 4.36. The standard InChI is InChI=1S/C13H22N4/c1-10-4-6-11(7-5-10)17(3)13-8-12(14-2)15-9-16-13/h8-11H,4-7H2,1-3H3,(H,14,15,16). The number of hydrogen-bond donors (Lipinski definition) is 1. The molecule has 0 radical (unpaired) electrons. The maximum atomic E-state index is 4.36. The van der Waals surface area contributed by atoms with Crippen LogP contribution < -0.4 is 10.2 Å². The highest BCUT2D eigenvalue weighted by Crippen LogP contribution is 2.28. The molecule has 0 amide bonds. The molecule has 0 unspecified atom stereocenters. The fourth-order valence-corrected chi connectivity index (χ4v) is 2.49. The van der Waals surface area contributed by atoms with E-state index in [1.807, 2.05) is 13.1 Å². The minimum Gasteiger partial charge on any atom is -0.373 e. The van der Waals surface area contributed by atoms with Crippen molar-refractivity contribution in [1.29, 1.82) is 0 Å². The van der Waals surface area contributed by atoms with Gasteiger partial charge in [-0.3, -0.25) is 0 Å². The average molecular weight is 234 g/mol. The molecule has 17 heavy (non-hydrogen) atoms. The first-order chi connectivity index (χ1) is 8.20. The van der Waals surface area contributed by atoms with E-state index >= 15 is 0 Å². The van der Waals surface area contributed by atoms with Crippen molar-refractivity contribution in [3.8, 4) is 0 Å². The molecule has 0 bridgehead atoms. The lowest BCUT2D eigenvalue weighted by Gasteiger charge is -2.34. The van der Waals surface area contributed by atoms with E-state index in [9.17, 15) is 0 Å². The first-order valence-corrected chi connectivity index (χ1v) is 6.43. The Labute approximate surface area is 103 Å². The summed E-state index contributed by atoms with van der Waals surface area (Å²) in [7, 11) is 4.02. The Morgan fingerprint density at radius 1 is 1.24 bits per heavy atom. The lowest BCUT2D eigenvalue weighted by Crippen LogP contribution is -2.35. The Kier molecular flexibility index (Phi) is 3.82. The molecule has 1 aliphatic rings. The molecule has 4 nitrogen and oxygen atoms in total. The summed E-state index contributed by atoms with van der Waals surface area (Å²) in [4.78, 5) is 10.8. The third-order valence-corrected chi connectivity index (χ3v) is 3.80. The molecule has 0 spiro atoms. The second-order valence-electron chi connectivity index (χ2n) is 5.04. The molecule has 4 heteroatoms. The van der Waals surface area contributed by atoms with Gasteiger partial charge in [0, 0.05) is 26.2 Å². The summed E-state index contributed by atoms with van der Waals surface area (Å²) in [5, 5.41) is 3.05. The van der Waals surface area contributed by atoms with Gasteiger partial charge in [0.25, 0.3) is 0 Å². The van der Waals surface area contributed by atoms with Crippen LogP contribution in [0.3, 0.4) is 0 Å². The molecule has 1 fully saturated rings. The lowest BCUT2D eigenvalue weighted by atomic mass is 9.87. The fourth-order valence-electron chi connectivity index (χ4n) is 2.49. The van der Waals surface area contributed by atoms with Crippen LogP contribution >= 0.6 is 0 Å². The second-order valence-corrected chi connectivity index (χ2v) is 5.04. The van der Waals surface area contributed by atoms with Crippen molar-refractivity contribution >= 4 is 11.6 Å². The summed E-state index contributed by atoms with van der Waals surface area (Å²) in [5.41, 5.74) is 0. The number of hydrogen-bond acceptors (Lipinski definition) is 4. The number of nitrogens with one attached hydrogen (secondary N) is 1. The van der Waals surface area contributed by atoms with Crippen LogP contribution in [-0.2, 0) is 0 Å². The highest BCUT2D eigenvalue weighted by Gasteiger charge is 2.22.